The molecule has 0 radical (unpaired) electrons. The summed E-state index contributed by atoms with van der Waals surface area (Å²) in [7, 11) is 0. The van der Waals surface area contributed by atoms with Crippen LogP contribution in [0.2, 0.25) is 0 Å². The largest absolute Gasteiger partial charge is 0.456 e. The summed E-state index contributed by atoms with van der Waals surface area (Å²) in [5.41, 5.74) is 27.1. The highest BCUT2D eigenvalue weighted by Crippen LogP contribution is 2.56. The molecule has 0 saturated carbocycles. The third kappa shape index (κ3) is 10.8. The van der Waals surface area contributed by atoms with Crippen LogP contribution in [0.1, 0.15) is 0 Å². The second-order valence-corrected chi connectivity index (χ2v) is 38.6. The van der Waals surface area contributed by atoms with Gasteiger partial charge in [0.1, 0.15) is 78.5 Å². The van der Waals surface area contributed by atoms with Crippen LogP contribution in [-0.4, -0.2) is 43.6 Å². The Morgan fingerprint density at radius 2 is 0.449 bits per heavy atom. The molecule has 36 aromatic rings. The number of hydrogen-bond donors (Lipinski definition) is 0. The Bertz CT molecular complexity index is 12000. The van der Waals surface area contributed by atoms with Gasteiger partial charge in [0.05, 0.1) is 71.6 Å². The summed E-state index contributed by atoms with van der Waals surface area (Å²) in [6.07, 6.45) is 0. The third-order valence-corrected chi connectivity index (χ3v) is 31.0. The van der Waals surface area contributed by atoms with E-state index in [9.17, 15) is 0 Å². The van der Waals surface area contributed by atoms with Crippen LogP contribution >= 0.6 is 0 Å². The maximum absolute atomic E-state index is 6.94. The Morgan fingerprint density at radius 1 is 0.143 bits per heavy atom. The van der Waals surface area contributed by atoms with Crippen LogP contribution in [-0.2, 0) is 0 Å². The number of rotatable bonds is 6. The van der Waals surface area contributed by atoms with Gasteiger partial charge in [-0.05, 0) is 204 Å². The predicted molar refractivity (Wildman–Crippen MR) is 600 cm³/mol. The Hall–Kier alpha value is -20.2. The van der Waals surface area contributed by atoms with Gasteiger partial charge in [-0.15, -0.1) is 0 Å². The molecule has 12 aromatic heterocycles. The van der Waals surface area contributed by atoms with E-state index >= 15 is 0 Å². The standard InChI is InChI=1S/3C44H23N3O2/c1-2-10-24(11-3-1)43-44(46-32-16-6-5-15-31(32)45-43)47-33-17-8-13-26-28-22-30-25-12-4-7-18-35(25)48-38(30)23-29(28)27-14-9-19-36-40(27)42-37(49-36)21-20-34(47)41(42)39(26)33;1-2-11-24(12-3-1)42-44(46-31-18-8-7-17-30(31)45-42)47-32-19-10-16-27-25-13-4-5-14-26(25)29-23-36-38(28-15-6-9-20-34(28)48-36)43-39(29)41-35(49-43)22-21-33(47)40(41)37(27)32;1-2-11-24(12-3-1)41-44(46-32-18-8-7-17-31(32)45-41)47-33-21-22-36-40-37-28(16-10-20-35(37)48-36)25-13-4-5-14-26(25)29-23-30-27-15-6-9-19-34(27)49-43(30)42(47)38(29)39(33)40/h3*1-23H. The molecule has 0 aliphatic heterocycles. The molecule has 0 amide bonds. The van der Waals surface area contributed by atoms with Crippen LogP contribution in [0.5, 0.6) is 0 Å². The SMILES string of the molecule is c1ccc(-c2nc3ccccc3nc2-n2c3ccc4oc5cccc6c7ccccc7c7cc8c9ccccc9oc8c2c7c3c4c56)cc1.c1ccc(-c2nc3ccccc3nc2-n2c3cccc4c5cc6c(cc5c5cccc7oc8ccc2c(c8c75)c43)oc2ccccc26)cc1.c1ccc(-c2nc3ccccc3nc2-n2c3cccc4c5ccccc5c5cc6oc7ccccc7c6c6oc7ccc2c(c7c56)c43)cc1. The second-order valence-electron chi connectivity index (χ2n) is 38.6. The van der Waals surface area contributed by atoms with Crippen molar-refractivity contribution in [2.45, 2.75) is 0 Å². The smallest absolute Gasteiger partial charge is 0.165 e. The molecule has 0 fully saturated rings. The molecule has 0 atom stereocenters. The molecule has 12 heterocycles. The van der Waals surface area contributed by atoms with Crippen molar-refractivity contribution >= 4 is 295 Å². The first-order chi connectivity index (χ1) is 72.9. The predicted octanol–water partition coefficient (Wildman–Crippen LogP) is 35.8. The molecule has 36 rings (SSSR count). The zero-order valence-electron chi connectivity index (χ0n) is 77.8. The van der Waals surface area contributed by atoms with E-state index in [-0.39, 0.29) is 0 Å². The lowest BCUT2D eigenvalue weighted by Crippen LogP contribution is -2.03. The summed E-state index contributed by atoms with van der Waals surface area (Å²) >= 11 is 0. The highest BCUT2D eigenvalue weighted by atomic mass is 16.4. The topological polar surface area (TPSA) is 171 Å². The summed E-state index contributed by atoms with van der Waals surface area (Å²) in [6.45, 7) is 0. The molecule has 0 unspecified atom stereocenters. The summed E-state index contributed by atoms with van der Waals surface area (Å²) in [5.74, 6) is 2.35. The van der Waals surface area contributed by atoms with E-state index in [1.807, 2.05) is 121 Å². The van der Waals surface area contributed by atoms with Crippen LogP contribution in [0, 0.1) is 0 Å². The van der Waals surface area contributed by atoms with Crippen LogP contribution in [0.15, 0.2) is 445 Å². The van der Waals surface area contributed by atoms with E-state index in [0.29, 0.717) is 0 Å². The maximum atomic E-state index is 6.94. The van der Waals surface area contributed by atoms with Crippen molar-refractivity contribution in [1.29, 1.82) is 0 Å². The first kappa shape index (κ1) is 78.6. The van der Waals surface area contributed by atoms with Gasteiger partial charge >= 0.3 is 0 Å². The van der Waals surface area contributed by atoms with Crippen molar-refractivity contribution in [2.24, 2.45) is 0 Å². The second kappa shape index (κ2) is 29.3. The Balaban J connectivity index is 0.0000000945. The van der Waals surface area contributed by atoms with Gasteiger partial charge in [-0.2, -0.15) is 0 Å². The van der Waals surface area contributed by atoms with E-state index in [2.05, 4.69) is 311 Å². The number of aromatic nitrogens is 9. The molecule has 0 bridgehead atoms. The Morgan fingerprint density at radius 3 is 0.959 bits per heavy atom. The monoisotopic (exact) mass is 1880 g/mol. The number of nitrogens with zero attached hydrogens (tertiary/aromatic N) is 9. The number of para-hydroxylation sites is 9. The molecular weight excluding hydrogens is 1810 g/mol. The molecular formula is C132H69N9O6. The van der Waals surface area contributed by atoms with Gasteiger partial charge in [0.25, 0.3) is 0 Å². The van der Waals surface area contributed by atoms with E-state index < -0.39 is 0 Å². The van der Waals surface area contributed by atoms with Crippen molar-refractivity contribution in [1.82, 2.24) is 43.6 Å². The van der Waals surface area contributed by atoms with Gasteiger partial charge in [-0.25, -0.2) is 29.9 Å². The first-order valence-corrected chi connectivity index (χ1v) is 49.5. The lowest BCUT2D eigenvalue weighted by Gasteiger charge is -2.14. The minimum Gasteiger partial charge on any atom is -0.456 e. The molecule has 24 aromatic carbocycles. The number of hydrogen-bond acceptors (Lipinski definition) is 12. The van der Waals surface area contributed by atoms with Crippen LogP contribution in [0.3, 0.4) is 0 Å². The minimum atomic E-state index is 0.753. The van der Waals surface area contributed by atoms with Crippen molar-refractivity contribution in [3.05, 3.63) is 419 Å². The van der Waals surface area contributed by atoms with Crippen molar-refractivity contribution in [3.63, 3.8) is 0 Å². The van der Waals surface area contributed by atoms with Gasteiger partial charge in [-0.3, -0.25) is 13.7 Å². The van der Waals surface area contributed by atoms with E-state index in [1.165, 1.54) is 37.7 Å². The maximum Gasteiger partial charge on any atom is 0.165 e. The lowest BCUT2D eigenvalue weighted by molar-refractivity contribution is 0.663. The van der Waals surface area contributed by atoms with Crippen molar-refractivity contribution < 1.29 is 26.5 Å². The average Bonchev–Trinajstić information content (AvgIpc) is 1.60. The van der Waals surface area contributed by atoms with Gasteiger partial charge in [0.15, 0.2) is 23.0 Å². The van der Waals surface area contributed by atoms with Crippen LogP contribution in [0.4, 0.5) is 0 Å². The summed E-state index contributed by atoms with van der Waals surface area (Å²) in [5, 5.41) is 33.8. The molecule has 0 aliphatic rings. The molecule has 0 spiro atoms. The number of furan rings is 6. The normalized spacial score (nSPS) is 12.5. The van der Waals surface area contributed by atoms with Gasteiger partial charge in [0, 0.05) is 108 Å². The molecule has 0 saturated heterocycles. The van der Waals surface area contributed by atoms with Crippen molar-refractivity contribution in [2.75, 3.05) is 0 Å². The Kier molecular flexibility index (Phi) is 15.7. The van der Waals surface area contributed by atoms with Crippen molar-refractivity contribution in [3.8, 4) is 51.2 Å². The molecule has 147 heavy (non-hydrogen) atoms. The fourth-order valence-corrected chi connectivity index (χ4v) is 24.9. The number of fused-ring (bicyclic) bond motifs is 23. The highest BCUT2D eigenvalue weighted by Gasteiger charge is 2.34. The zero-order valence-corrected chi connectivity index (χ0v) is 77.8. The fourth-order valence-electron chi connectivity index (χ4n) is 24.9. The molecule has 15 nitrogen and oxygen atoms in total. The van der Waals surface area contributed by atoms with Gasteiger partial charge < -0.3 is 26.5 Å². The van der Waals surface area contributed by atoms with Gasteiger partial charge in [0.2, 0.25) is 0 Å². The average molecular weight is 1880 g/mol. The first-order valence-electron chi connectivity index (χ1n) is 49.5. The molecule has 0 aliphatic carbocycles. The molecule has 0 N–H and O–H groups in total. The van der Waals surface area contributed by atoms with Gasteiger partial charge in [-0.1, -0.05) is 279 Å². The molecule has 15 heteroatoms. The fraction of sp³-hybridized carbons (Fsp3) is 0. The minimum absolute atomic E-state index is 0.753. The molecule has 678 valence electrons. The number of benzene rings is 21. The van der Waals surface area contributed by atoms with E-state index in [1.54, 1.807) is 0 Å². The summed E-state index contributed by atoms with van der Waals surface area (Å²) in [4.78, 5) is 32.0. The third-order valence-electron chi connectivity index (χ3n) is 31.0. The van der Waals surface area contributed by atoms with E-state index in [0.717, 1.165) is 308 Å². The summed E-state index contributed by atoms with van der Waals surface area (Å²) < 4.78 is 47.0. The van der Waals surface area contributed by atoms with E-state index in [4.69, 9.17) is 56.4 Å². The quantitative estimate of drug-likeness (QED) is 0.155. The summed E-state index contributed by atoms with van der Waals surface area (Å²) in [6, 6.07) is 146. The Labute approximate surface area is 829 Å². The van der Waals surface area contributed by atoms with Crippen LogP contribution < -0.4 is 0 Å². The highest BCUT2D eigenvalue weighted by molar-refractivity contribution is 6.45. The lowest BCUT2D eigenvalue weighted by atomic mass is 9.93. The zero-order chi connectivity index (χ0) is 95.4. The van der Waals surface area contributed by atoms with Crippen LogP contribution in [0.25, 0.3) is 346 Å².